The standard InChI is InChI=1S/C16H19N3O3S/c1-10-11(2)23-15(17-10)18-16(20)19-6-7-22-14-8-13(21-3)5-4-12(14)9-19/h4-5,8H,6-7,9H2,1-3H3,(H,17,18,20). The van der Waals surface area contributed by atoms with Crippen molar-refractivity contribution in [2.45, 2.75) is 20.4 Å². The fourth-order valence-electron chi connectivity index (χ4n) is 2.35. The van der Waals surface area contributed by atoms with E-state index in [1.807, 2.05) is 32.0 Å². The number of rotatable bonds is 2. The molecule has 0 bridgehead atoms. The van der Waals surface area contributed by atoms with E-state index in [0.717, 1.165) is 27.6 Å². The molecule has 6 nitrogen and oxygen atoms in total. The third kappa shape index (κ3) is 3.39. The van der Waals surface area contributed by atoms with Crippen LogP contribution >= 0.6 is 11.3 Å². The average molecular weight is 333 g/mol. The van der Waals surface area contributed by atoms with Crippen LogP contribution in [0.25, 0.3) is 0 Å². The molecule has 0 unspecified atom stereocenters. The molecule has 0 fully saturated rings. The molecule has 2 heterocycles. The van der Waals surface area contributed by atoms with Gasteiger partial charge in [-0.25, -0.2) is 9.78 Å². The number of nitrogens with zero attached hydrogens (tertiary/aromatic N) is 2. The van der Waals surface area contributed by atoms with Crippen LogP contribution < -0.4 is 14.8 Å². The van der Waals surface area contributed by atoms with Gasteiger partial charge in [0.2, 0.25) is 0 Å². The van der Waals surface area contributed by atoms with Gasteiger partial charge in [-0.3, -0.25) is 5.32 Å². The minimum Gasteiger partial charge on any atom is -0.497 e. The van der Waals surface area contributed by atoms with Crippen molar-refractivity contribution in [2.75, 3.05) is 25.6 Å². The average Bonchev–Trinajstić information content (AvgIpc) is 2.75. The number of aryl methyl sites for hydroxylation is 2. The first-order valence-electron chi connectivity index (χ1n) is 7.36. The summed E-state index contributed by atoms with van der Waals surface area (Å²) in [5.41, 5.74) is 1.91. The van der Waals surface area contributed by atoms with Gasteiger partial charge < -0.3 is 14.4 Å². The van der Waals surface area contributed by atoms with Crippen LogP contribution in [0.1, 0.15) is 16.1 Å². The molecule has 122 valence electrons. The summed E-state index contributed by atoms with van der Waals surface area (Å²) < 4.78 is 10.9. The summed E-state index contributed by atoms with van der Waals surface area (Å²) in [6, 6.07) is 5.49. The Hall–Kier alpha value is -2.28. The number of anilines is 1. The molecule has 23 heavy (non-hydrogen) atoms. The number of ether oxygens (including phenoxy) is 2. The summed E-state index contributed by atoms with van der Waals surface area (Å²) in [4.78, 5) is 19.7. The van der Waals surface area contributed by atoms with Gasteiger partial charge in [0.25, 0.3) is 0 Å². The van der Waals surface area contributed by atoms with Gasteiger partial charge in [0.05, 0.1) is 25.9 Å². The zero-order chi connectivity index (χ0) is 16.4. The number of nitrogens with one attached hydrogen (secondary N) is 1. The number of aromatic nitrogens is 1. The largest absolute Gasteiger partial charge is 0.497 e. The van der Waals surface area contributed by atoms with Crippen LogP contribution in [0, 0.1) is 13.8 Å². The van der Waals surface area contributed by atoms with E-state index in [0.29, 0.717) is 24.8 Å². The molecular formula is C16H19N3O3S. The van der Waals surface area contributed by atoms with Gasteiger partial charge in [-0.15, -0.1) is 11.3 Å². The van der Waals surface area contributed by atoms with Crippen LogP contribution in [0.4, 0.5) is 9.93 Å². The highest BCUT2D eigenvalue weighted by Crippen LogP contribution is 2.28. The molecule has 1 aliphatic rings. The van der Waals surface area contributed by atoms with E-state index in [1.165, 1.54) is 11.3 Å². The summed E-state index contributed by atoms with van der Waals surface area (Å²) in [7, 11) is 1.62. The second kappa shape index (κ2) is 6.45. The summed E-state index contributed by atoms with van der Waals surface area (Å²) in [6.07, 6.45) is 0. The first-order valence-corrected chi connectivity index (χ1v) is 8.18. The summed E-state index contributed by atoms with van der Waals surface area (Å²) in [5.74, 6) is 1.51. The second-order valence-corrected chi connectivity index (χ2v) is 6.54. The van der Waals surface area contributed by atoms with E-state index in [4.69, 9.17) is 9.47 Å². The number of hydrogen-bond acceptors (Lipinski definition) is 5. The van der Waals surface area contributed by atoms with Crippen LogP contribution in [-0.4, -0.2) is 36.2 Å². The van der Waals surface area contributed by atoms with Crippen molar-refractivity contribution in [1.82, 2.24) is 9.88 Å². The van der Waals surface area contributed by atoms with E-state index in [-0.39, 0.29) is 6.03 Å². The lowest BCUT2D eigenvalue weighted by Crippen LogP contribution is -2.36. The quantitative estimate of drug-likeness (QED) is 0.917. The Kier molecular flexibility index (Phi) is 4.38. The predicted molar refractivity (Wildman–Crippen MR) is 89.5 cm³/mol. The first kappa shape index (κ1) is 15.6. The molecule has 0 atom stereocenters. The predicted octanol–water partition coefficient (Wildman–Crippen LogP) is 3.20. The third-order valence-corrected chi connectivity index (χ3v) is 4.77. The van der Waals surface area contributed by atoms with Crippen molar-refractivity contribution in [3.8, 4) is 11.5 Å². The Morgan fingerprint density at radius 2 is 2.26 bits per heavy atom. The second-order valence-electron chi connectivity index (χ2n) is 5.33. The van der Waals surface area contributed by atoms with Gasteiger partial charge in [-0.05, 0) is 26.0 Å². The molecular weight excluding hydrogens is 314 g/mol. The Morgan fingerprint density at radius 1 is 1.43 bits per heavy atom. The van der Waals surface area contributed by atoms with Gasteiger partial charge in [-0.2, -0.15) is 0 Å². The molecule has 1 aliphatic heterocycles. The lowest BCUT2D eigenvalue weighted by Gasteiger charge is -2.19. The molecule has 1 aromatic heterocycles. The Bertz CT molecular complexity index is 710. The van der Waals surface area contributed by atoms with E-state index in [2.05, 4.69) is 10.3 Å². The van der Waals surface area contributed by atoms with Crippen LogP contribution in [-0.2, 0) is 6.54 Å². The summed E-state index contributed by atoms with van der Waals surface area (Å²) in [5, 5.41) is 3.50. The minimum atomic E-state index is -0.161. The van der Waals surface area contributed by atoms with E-state index >= 15 is 0 Å². The fourth-order valence-corrected chi connectivity index (χ4v) is 3.15. The van der Waals surface area contributed by atoms with Gasteiger partial charge in [0.1, 0.15) is 18.1 Å². The number of carbonyl (C=O) groups excluding carboxylic acids is 1. The highest BCUT2D eigenvalue weighted by Gasteiger charge is 2.21. The SMILES string of the molecule is COc1ccc2c(c1)OCCN(C(=O)Nc1nc(C)c(C)s1)C2. The van der Waals surface area contributed by atoms with Gasteiger partial charge >= 0.3 is 6.03 Å². The Morgan fingerprint density at radius 3 is 2.96 bits per heavy atom. The van der Waals surface area contributed by atoms with Gasteiger partial charge in [-0.1, -0.05) is 0 Å². The van der Waals surface area contributed by atoms with Crippen molar-refractivity contribution in [1.29, 1.82) is 0 Å². The monoisotopic (exact) mass is 333 g/mol. The maximum atomic E-state index is 12.5. The molecule has 0 spiro atoms. The summed E-state index contributed by atoms with van der Waals surface area (Å²) >= 11 is 1.48. The molecule has 0 saturated heterocycles. The van der Waals surface area contributed by atoms with E-state index in [1.54, 1.807) is 12.0 Å². The normalized spacial score (nSPS) is 13.8. The molecule has 0 saturated carbocycles. The molecule has 7 heteroatoms. The molecule has 0 radical (unpaired) electrons. The van der Waals surface area contributed by atoms with Crippen molar-refractivity contribution in [3.63, 3.8) is 0 Å². The molecule has 1 N–H and O–H groups in total. The first-order chi connectivity index (χ1) is 11.1. The topological polar surface area (TPSA) is 63.7 Å². The van der Waals surface area contributed by atoms with Crippen LogP contribution in [0.5, 0.6) is 11.5 Å². The number of carbonyl (C=O) groups is 1. The number of hydrogen-bond donors (Lipinski definition) is 1. The third-order valence-electron chi connectivity index (χ3n) is 3.78. The molecule has 1 aromatic carbocycles. The Balaban J connectivity index is 1.73. The maximum absolute atomic E-state index is 12.5. The maximum Gasteiger partial charge on any atom is 0.324 e. The van der Waals surface area contributed by atoms with E-state index in [9.17, 15) is 4.79 Å². The van der Waals surface area contributed by atoms with Gasteiger partial charge in [0.15, 0.2) is 5.13 Å². The van der Waals surface area contributed by atoms with Crippen molar-refractivity contribution in [3.05, 3.63) is 34.3 Å². The van der Waals surface area contributed by atoms with Crippen molar-refractivity contribution >= 4 is 22.5 Å². The van der Waals surface area contributed by atoms with Crippen LogP contribution in [0.2, 0.25) is 0 Å². The number of benzene rings is 1. The number of fused-ring (bicyclic) bond motifs is 1. The number of methoxy groups -OCH3 is 1. The zero-order valence-electron chi connectivity index (χ0n) is 13.4. The lowest BCUT2D eigenvalue weighted by atomic mass is 10.2. The number of amides is 2. The fraction of sp³-hybridized carbons (Fsp3) is 0.375. The molecule has 2 amide bonds. The molecule has 2 aromatic rings. The van der Waals surface area contributed by atoms with E-state index < -0.39 is 0 Å². The highest BCUT2D eigenvalue weighted by molar-refractivity contribution is 7.15. The smallest absolute Gasteiger partial charge is 0.324 e. The van der Waals surface area contributed by atoms with Crippen molar-refractivity contribution < 1.29 is 14.3 Å². The van der Waals surface area contributed by atoms with Crippen LogP contribution in [0.15, 0.2) is 18.2 Å². The van der Waals surface area contributed by atoms with Gasteiger partial charge in [0, 0.05) is 16.5 Å². The molecule has 0 aliphatic carbocycles. The molecule has 3 rings (SSSR count). The summed E-state index contributed by atoms with van der Waals surface area (Å²) in [6.45, 7) is 5.39. The zero-order valence-corrected chi connectivity index (χ0v) is 14.2. The highest BCUT2D eigenvalue weighted by atomic mass is 32.1. The Labute approximate surface area is 139 Å². The number of urea groups is 1. The minimum absolute atomic E-state index is 0.161. The lowest BCUT2D eigenvalue weighted by molar-refractivity contribution is 0.200. The number of thiazole rings is 1. The van der Waals surface area contributed by atoms with Crippen molar-refractivity contribution in [2.24, 2.45) is 0 Å². The van der Waals surface area contributed by atoms with Crippen LogP contribution in [0.3, 0.4) is 0 Å².